The monoisotopic (exact) mass is 260 g/mol. The first kappa shape index (κ1) is 13.3. The Bertz CT molecular complexity index is 537. The maximum atomic E-state index is 10.5. The van der Waals surface area contributed by atoms with E-state index in [2.05, 4.69) is 24.4 Å². The molecule has 0 bridgehead atoms. The fourth-order valence-electron chi connectivity index (χ4n) is 1.87. The highest BCUT2D eigenvalue weighted by atomic mass is 16.6. The first-order valence-electron chi connectivity index (χ1n) is 6.15. The summed E-state index contributed by atoms with van der Waals surface area (Å²) in [5, 5.41) is 13.7. The van der Waals surface area contributed by atoms with Crippen LogP contribution in [0.1, 0.15) is 24.2 Å². The van der Waals surface area contributed by atoms with Gasteiger partial charge in [0.15, 0.2) is 0 Å². The van der Waals surface area contributed by atoms with Crippen molar-refractivity contribution in [1.82, 2.24) is 5.32 Å². The van der Waals surface area contributed by atoms with Crippen LogP contribution in [0.15, 0.2) is 46.9 Å². The summed E-state index contributed by atoms with van der Waals surface area (Å²) in [5.74, 6) is 0.742. The highest BCUT2D eigenvalue weighted by Gasteiger charge is 2.11. The lowest BCUT2D eigenvalue weighted by molar-refractivity contribution is -0.402. The Labute approximate surface area is 111 Å². The van der Waals surface area contributed by atoms with Crippen molar-refractivity contribution in [2.24, 2.45) is 0 Å². The number of hydrogen-bond acceptors (Lipinski definition) is 4. The molecule has 0 saturated heterocycles. The van der Waals surface area contributed by atoms with Crippen molar-refractivity contribution in [1.29, 1.82) is 0 Å². The van der Waals surface area contributed by atoms with Gasteiger partial charge in [0.2, 0.25) is 0 Å². The van der Waals surface area contributed by atoms with Crippen molar-refractivity contribution in [3.63, 3.8) is 0 Å². The van der Waals surface area contributed by atoms with Crippen molar-refractivity contribution in [2.75, 3.05) is 6.54 Å². The molecule has 100 valence electrons. The summed E-state index contributed by atoms with van der Waals surface area (Å²) in [7, 11) is 0. The van der Waals surface area contributed by atoms with Crippen molar-refractivity contribution < 1.29 is 9.34 Å². The van der Waals surface area contributed by atoms with Gasteiger partial charge in [-0.1, -0.05) is 37.3 Å². The Morgan fingerprint density at radius 3 is 2.63 bits per heavy atom. The zero-order valence-corrected chi connectivity index (χ0v) is 10.7. The van der Waals surface area contributed by atoms with Crippen LogP contribution in [-0.2, 0) is 6.54 Å². The van der Waals surface area contributed by atoms with E-state index in [1.807, 2.05) is 18.2 Å². The number of benzene rings is 1. The third-order valence-corrected chi connectivity index (χ3v) is 2.95. The van der Waals surface area contributed by atoms with Crippen LogP contribution < -0.4 is 5.32 Å². The average molecular weight is 260 g/mol. The minimum atomic E-state index is -0.532. The molecule has 0 amide bonds. The second-order valence-corrected chi connectivity index (χ2v) is 4.44. The third kappa shape index (κ3) is 3.66. The average Bonchev–Trinajstić information content (AvgIpc) is 2.89. The van der Waals surface area contributed by atoms with Gasteiger partial charge in [-0.25, -0.2) is 0 Å². The Hall–Kier alpha value is -2.14. The largest absolute Gasteiger partial charge is 0.433 e. The molecule has 2 aromatic rings. The lowest BCUT2D eigenvalue weighted by Gasteiger charge is -2.12. The topological polar surface area (TPSA) is 68.3 Å². The van der Waals surface area contributed by atoms with Crippen LogP contribution in [0.25, 0.3) is 0 Å². The van der Waals surface area contributed by atoms with Gasteiger partial charge in [0.05, 0.1) is 12.6 Å². The van der Waals surface area contributed by atoms with Crippen molar-refractivity contribution in [2.45, 2.75) is 19.4 Å². The maximum Gasteiger partial charge on any atom is 0.433 e. The van der Waals surface area contributed by atoms with Gasteiger partial charge in [-0.05, 0) is 17.5 Å². The van der Waals surface area contributed by atoms with Crippen LogP contribution in [0, 0.1) is 10.1 Å². The Balaban J connectivity index is 1.81. The molecule has 1 N–H and O–H groups in total. The fourth-order valence-corrected chi connectivity index (χ4v) is 1.87. The number of furan rings is 1. The highest BCUT2D eigenvalue weighted by Crippen LogP contribution is 2.16. The van der Waals surface area contributed by atoms with E-state index in [0.717, 1.165) is 6.54 Å². The van der Waals surface area contributed by atoms with E-state index in [4.69, 9.17) is 4.42 Å². The van der Waals surface area contributed by atoms with Crippen LogP contribution in [0.4, 0.5) is 5.88 Å². The highest BCUT2D eigenvalue weighted by molar-refractivity contribution is 5.19. The molecule has 0 aliphatic heterocycles. The third-order valence-electron chi connectivity index (χ3n) is 2.95. The smallest absolute Gasteiger partial charge is 0.404 e. The molecule has 0 aliphatic rings. The maximum absolute atomic E-state index is 10.5. The van der Waals surface area contributed by atoms with Gasteiger partial charge in [0, 0.05) is 6.54 Å². The first-order valence-corrected chi connectivity index (χ1v) is 6.15. The van der Waals surface area contributed by atoms with Crippen molar-refractivity contribution in [3.05, 3.63) is 63.9 Å². The quantitative estimate of drug-likeness (QED) is 0.640. The van der Waals surface area contributed by atoms with Crippen LogP contribution in [0.5, 0.6) is 0 Å². The second-order valence-electron chi connectivity index (χ2n) is 4.44. The lowest BCUT2D eigenvalue weighted by atomic mass is 10.0. The molecular formula is C14H16N2O3. The molecule has 1 aromatic heterocycles. The molecule has 1 heterocycles. The Morgan fingerprint density at radius 1 is 1.26 bits per heavy atom. The standard InChI is InChI=1S/C14H16N2O3/c1-11(12-5-3-2-4-6-12)9-15-10-13-7-8-14(19-13)16(17)18/h2-8,11,15H,9-10H2,1H3. The zero-order valence-electron chi connectivity index (χ0n) is 10.7. The van der Waals surface area contributed by atoms with E-state index in [0.29, 0.717) is 18.2 Å². The van der Waals surface area contributed by atoms with Gasteiger partial charge in [-0.3, -0.25) is 10.1 Å². The van der Waals surface area contributed by atoms with E-state index < -0.39 is 4.92 Å². The van der Waals surface area contributed by atoms with E-state index in [9.17, 15) is 10.1 Å². The molecule has 1 aromatic carbocycles. The normalized spacial score (nSPS) is 12.3. The summed E-state index contributed by atoms with van der Waals surface area (Å²) in [6, 6.07) is 13.2. The summed E-state index contributed by atoms with van der Waals surface area (Å²) in [6.07, 6.45) is 0. The van der Waals surface area contributed by atoms with Crippen molar-refractivity contribution >= 4 is 5.88 Å². The molecule has 0 spiro atoms. The van der Waals surface area contributed by atoms with Gasteiger partial charge >= 0.3 is 5.88 Å². The number of rotatable bonds is 6. The summed E-state index contributed by atoms with van der Waals surface area (Å²) < 4.78 is 5.07. The zero-order chi connectivity index (χ0) is 13.7. The molecule has 0 saturated carbocycles. The molecule has 19 heavy (non-hydrogen) atoms. The van der Waals surface area contributed by atoms with Gasteiger partial charge in [-0.2, -0.15) is 0 Å². The number of nitrogens with one attached hydrogen (secondary N) is 1. The van der Waals surface area contributed by atoms with Crippen LogP contribution in [-0.4, -0.2) is 11.5 Å². The SMILES string of the molecule is CC(CNCc1ccc([N+](=O)[O-])o1)c1ccccc1. The minimum absolute atomic E-state index is 0.215. The molecule has 5 heteroatoms. The molecule has 2 rings (SSSR count). The fraction of sp³-hybridized carbons (Fsp3) is 0.286. The number of nitro groups is 1. The van der Waals surface area contributed by atoms with Gasteiger partial charge in [0.1, 0.15) is 10.7 Å². The summed E-state index contributed by atoms with van der Waals surface area (Å²) in [4.78, 5) is 9.94. The summed E-state index contributed by atoms with van der Waals surface area (Å²) >= 11 is 0. The lowest BCUT2D eigenvalue weighted by Crippen LogP contribution is -2.19. The molecule has 1 atom stereocenters. The molecule has 1 unspecified atom stereocenters. The molecule has 0 fully saturated rings. The number of nitrogens with zero attached hydrogens (tertiary/aromatic N) is 1. The van der Waals surface area contributed by atoms with Crippen LogP contribution in [0.2, 0.25) is 0 Å². The predicted molar refractivity (Wildman–Crippen MR) is 71.9 cm³/mol. The summed E-state index contributed by atoms with van der Waals surface area (Å²) in [5.41, 5.74) is 1.26. The van der Waals surface area contributed by atoms with Crippen molar-refractivity contribution in [3.8, 4) is 0 Å². The van der Waals surface area contributed by atoms with Crippen LogP contribution >= 0.6 is 0 Å². The molecule has 0 aliphatic carbocycles. The van der Waals surface area contributed by atoms with Gasteiger partial charge in [-0.15, -0.1) is 0 Å². The van der Waals surface area contributed by atoms with E-state index >= 15 is 0 Å². The van der Waals surface area contributed by atoms with Crippen LogP contribution in [0.3, 0.4) is 0 Å². The number of hydrogen-bond donors (Lipinski definition) is 1. The molecule has 5 nitrogen and oxygen atoms in total. The predicted octanol–water partition coefficient (Wildman–Crippen LogP) is 3.08. The van der Waals surface area contributed by atoms with Gasteiger partial charge < -0.3 is 9.73 Å². The first-order chi connectivity index (χ1) is 9.16. The summed E-state index contributed by atoms with van der Waals surface area (Å²) in [6.45, 7) is 3.41. The van der Waals surface area contributed by atoms with E-state index in [1.54, 1.807) is 6.07 Å². The Morgan fingerprint density at radius 2 is 2.00 bits per heavy atom. The Kier molecular flexibility index (Phi) is 4.30. The van der Waals surface area contributed by atoms with E-state index in [1.165, 1.54) is 11.6 Å². The molecular weight excluding hydrogens is 244 g/mol. The van der Waals surface area contributed by atoms with Gasteiger partial charge in [0.25, 0.3) is 0 Å². The minimum Gasteiger partial charge on any atom is -0.404 e. The molecule has 0 radical (unpaired) electrons. The van der Waals surface area contributed by atoms with E-state index in [-0.39, 0.29) is 5.88 Å². The second kappa shape index (κ2) is 6.15.